The number of ether oxygens (including phenoxy) is 1. The van der Waals surface area contributed by atoms with Crippen LogP contribution in [0.4, 0.5) is 0 Å². The lowest BCUT2D eigenvalue weighted by Gasteiger charge is -2.41. The van der Waals surface area contributed by atoms with Gasteiger partial charge in [-0.05, 0) is 54.5 Å². The summed E-state index contributed by atoms with van der Waals surface area (Å²) in [6.45, 7) is 4.45. The van der Waals surface area contributed by atoms with E-state index in [9.17, 15) is 8.42 Å². The summed E-state index contributed by atoms with van der Waals surface area (Å²) in [5, 5.41) is 3.79. The fourth-order valence-electron chi connectivity index (χ4n) is 5.47. The van der Waals surface area contributed by atoms with E-state index >= 15 is 0 Å². The van der Waals surface area contributed by atoms with Crippen molar-refractivity contribution in [3.63, 3.8) is 0 Å². The van der Waals surface area contributed by atoms with E-state index < -0.39 is 10.0 Å². The van der Waals surface area contributed by atoms with Crippen LogP contribution in [0.3, 0.4) is 0 Å². The highest BCUT2D eigenvalue weighted by Crippen LogP contribution is 2.39. The number of nitrogens with zero attached hydrogens (tertiary/aromatic N) is 2. The molecule has 0 aromatic heterocycles. The van der Waals surface area contributed by atoms with E-state index in [1.807, 2.05) is 0 Å². The first-order valence-electron chi connectivity index (χ1n) is 11.2. The maximum absolute atomic E-state index is 12.8. The van der Waals surface area contributed by atoms with E-state index in [1.165, 1.54) is 24.9 Å². The number of sulfonamides is 1. The van der Waals surface area contributed by atoms with Gasteiger partial charge in [0.25, 0.3) is 0 Å². The SMILES string of the molecule is COc1ccc(S(=O)(=O)N2CC(NC3CCC4CN(Cc5ccccc5)CC43)C2)cc1. The van der Waals surface area contributed by atoms with Crippen LogP contribution in [0.25, 0.3) is 0 Å². The molecule has 0 bridgehead atoms. The summed E-state index contributed by atoms with van der Waals surface area (Å²) in [5.74, 6) is 2.10. The lowest BCUT2D eigenvalue weighted by molar-refractivity contribution is 0.193. The molecule has 166 valence electrons. The predicted molar refractivity (Wildman–Crippen MR) is 120 cm³/mol. The Hall–Kier alpha value is -1.93. The molecule has 0 amide bonds. The molecule has 1 saturated carbocycles. The van der Waals surface area contributed by atoms with Gasteiger partial charge in [-0.1, -0.05) is 30.3 Å². The lowest BCUT2D eigenvalue weighted by atomic mass is 9.96. The van der Waals surface area contributed by atoms with Gasteiger partial charge >= 0.3 is 0 Å². The predicted octanol–water partition coefficient (Wildman–Crippen LogP) is 2.57. The quantitative estimate of drug-likeness (QED) is 0.716. The Morgan fingerprint density at radius 2 is 1.71 bits per heavy atom. The summed E-state index contributed by atoms with van der Waals surface area (Å²) in [4.78, 5) is 2.92. The summed E-state index contributed by atoms with van der Waals surface area (Å²) in [7, 11) is -1.85. The molecule has 31 heavy (non-hydrogen) atoms. The Labute approximate surface area is 185 Å². The first kappa shape index (κ1) is 20.9. The summed E-state index contributed by atoms with van der Waals surface area (Å²) in [5.41, 5.74) is 1.38. The van der Waals surface area contributed by atoms with Gasteiger partial charge in [0.15, 0.2) is 0 Å². The number of hydrogen-bond donors (Lipinski definition) is 1. The second-order valence-corrected chi connectivity index (χ2v) is 11.1. The first-order valence-corrected chi connectivity index (χ1v) is 12.6. The smallest absolute Gasteiger partial charge is 0.243 e. The minimum Gasteiger partial charge on any atom is -0.497 e. The molecule has 1 aliphatic carbocycles. The summed E-state index contributed by atoms with van der Waals surface area (Å²) >= 11 is 0. The van der Waals surface area contributed by atoms with Gasteiger partial charge in [0.2, 0.25) is 10.0 Å². The van der Waals surface area contributed by atoms with Gasteiger partial charge in [0.1, 0.15) is 5.75 Å². The molecular weight excluding hydrogens is 410 g/mol. The summed E-state index contributed by atoms with van der Waals surface area (Å²) < 4.78 is 32.4. The monoisotopic (exact) mass is 441 g/mol. The fourth-order valence-corrected chi connectivity index (χ4v) is 7.01. The van der Waals surface area contributed by atoms with Gasteiger partial charge < -0.3 is 10.1 Å². The van der Waals surface area contributed by atoms with Crippen LogP contribution in [-0.4, -0.2) is 63.0 Å². The van der Waals surface area contributed by atoms with E-state index in [0.717, 1.165) is 19.0 Å². The van der Waals surface area contributed by atoms with Gasteiger partial charge in [0, 0.05) is 44.8 Å². The number of likely N-dealkylation sites (tertiary alicyclic amines) is 1. The van der Waals surface area contributed by atoms with E-state index in [-0.39, 0.29) is 6.04 Å². The third-order valence-corrected chi connectivity index (χ3v) is 9.02. The molecule has 0 radical (unpaired) electrons. The van der Waals surface area contributed by atoms with Crippen LogP contribution < -0.4 is 10.1 Å². The van der Waals surface area contributed by atoms with Crippen molar-refractivity contribution >= 4 is 10.0 Å². The molecule has 5 rings (SSSR count). The normalized spacial score (nSPS) is 27.2. The van der Waals surface area contributed by atoms with Crippen LogP contribution in [0.2, 0.25) is 0 Å². The van der Waals surface area contributed by atoms with Gasteiger partial charge in [0.05, 0.1) is 12.0 Å². The molecule has 2 aromatic carbocycles. The number of fused-ring (bicyclic) bond motifs is 1. The van der Waals surface area contributed by atoms with Crippen LogP contribution in [-0.2, 0) is 16.6 Å². The van der Waals surface area contributed by atoms with Crippen molar-refractivity contribution in [3.8, 4) is 5.75 Å². The van der Waals surface area contributed by atoms with Crippen molar-refractivity contribution in [2.75, 3.05) is 33.3 Å². The Bertz CT molecular complexity index is 990. The molecular formula is C24H31N3O3S. The molecule has 0 spiro atoms. The highest BCUT2D eigenvalue weighted by molar-refractivity contribution is 7.89. The molecule has 2 aliphatic heterocycles. The van der Waals surface area contributed by atoms with Gasteiger partial charge in [-0.25, -0.2) is 8.42 Å². The Morgan fingerprint density at radius 1 is 0.968 bits per heavy atom. The molecule has 2 saturated heterocycles. The average Bonchev–Trinajstić information content (AvgIpc) is 3.31. The van der Waals surface area contributed by atoms with Crippen LogP contribution in [0.1, 0.15) is 18.4 Å². The molecule has 6 nitrogen and oxygen atoms in total. The minimum atomic E-state index is -3.43. The summed E-state index contributed by atoms with van der Waals surface area (Å²) in [6.07, 6.45) is 2.48. The van der Waals surface area contributed by atoms with E-state index in [2.05, 4.69) is 40.5 Å². The van der Waals surface area contributed by atoms with Crippen molar-refractivity contribution in [2.45, 2.75) is 36.4 Å². The zero-order valence-corrected chi connectivity index (χ0v) is 18.8. The number of rotatable bonds is 7. The number of hydrogen-bond acceptors (Lipinski definition) is 5. The van der Waals surface area contributed by atoms with E-state index in [4.69, 9.17) is 4.74 Å². The molecule has 2 aromatic rings. The lowest BCUT2D eigenvalue weighted by Crippen LogP contribution is -2.62. The second kappa shape index (κ2) is 8.54. The minimum absolute atomic E-state index is 0.250. The van der Waals surface area contributed by atoms with Crippen molar-refractivity contribution in [1.82, 2.24) is 14.5 Å². The van der Waals surface area contributed by atoms with Crippen LogP contribution in [0.15, 0.2) is 59.5 Å². The average molecular weight is 442 g/mol. The zero-order chi connectivity index (χ0) is 21.4. The topological polar surface area (TPSA) is 61.9 Å². The molecule has 3 fully saturated rings. The molecule has 7 heteroatoms. The number of benzene rings is 2. The maximum Gasteiger partial charge on any atom is 0.243 e. The van der Waals surface area contributed by atoms with Crippen molar-refractivity contribution in [3.05, 3.63) is 60.2 Å². The van der Waals surface area contributed by atoms with Crippen LogP contribution >= 0.6 is 0 Å². The summed E-state index contributed by atoms with van der Waals surface area (Å²) in [6, 6.07) is 18.1. The molecule has 1 N–H and O–H groups in total. The largest absolute Gasteiger partial charge is 0.497 e. The Morgan fingerprint density at radius 3 is 2.42 bits per heavy atom. The molecule has 3 atom stereocenters. The third-order valence-electron chi connectivity index (χ3n) is 7.18. The van der Waals surface area contributed by atoms with E-state index in [1.54, 1.807) is 35.7 Å². The van der Waals surface area contributed by atoms with Gasteiger partial charge in [-0.3, -0.25) is 4.90 Å². The number of methoxy groups -OCH3 is 1. The van der Waals surface area contributed by atoms with Crippen LogP contribution in [0, 0.1) is 11.8 Å². The third kappa shape index (κ3) is 4.24. The Kier molecular flexibility index (Phi) is 5.77. The highest BCUT2D eigenvalue weighted by Gasteiger charge is 2.45. The van der Waals surface area contributed by atoms with Crippen molar-refractivity contribution in [2.24, 2.45) is 11.8 Å². The second-order valence-electron chi connectivity index (χ2n) is 9.15. The van der Waals surface area contributed by atoms with Crippen LogP contribution in [0.5, 0.6) is 5.75 Å². The Balaban J connectivity index is 1.13. The molecule has 2 heterocycles. The van der Waals surface area contributed by atoms with E-state index in [0.29, 0.717) is 35.7 Å². The maximum atomic E-state index is 12.8. The molecule has 3 unspecified atom stereocenters. The van der Waals surface area contributed by atoms with Gasteiger partial charge in [-0.15, -0.1) is 0 Å². The highest BCUT2D eigenvalue weighted by atomic mass is 32.2. The fraction of sp³-hybridized carbons (Fsp3) is 0.500. The zero-order valence-electron chi connectivity index (χ0n) is 18.0. The standard InChI is InChI=1S/C24H31N3O3S/c1-30-21-8-10-22(11-9-21)31(28,29)27-15-20(16-27)25-24-12-7-19-14-26(17-23(19)24)13-18-5-3-2-4-6-18/h2-6,8-11,19-20,23-25H,7,12-17H2,1H3. The van der Waals surface area contributed by atoms with Gasteiger partial charge in [-0.2, -0.15) is 4.31 Å². The first-order chi connectivity index (χ1) is 15.0. The molecule has 3 aliphatic rings. The van der Waals surface area contributed by atoms with Crippen molar-refractivity contribution in [1.29, 1.82) is 0 Å². The van der Waals surface area contributed by atoms with Crippen molar-refractivity contribution < 1.29 is 13.2 Å². The number of nitrogens with one attached hydrogen (secondary N) is 1.